The van der Waals surface area contributed by atoms with Crippen LogP contribution in [-0.4, -0.2) is 5.91 Å². The van der Waals surface area contributed by atoms with Crippen LogP contribution >= 0.6 is 0 Å². The summed E-state index contributed by atoms with van der Waals surface area (Å²) in [5.74, 6) is -0.165. The molecule has 1 amide bonds. The predicted molar refractivity (Wildman–Crippen MR) is 88.4 cm³/mol. The molecule has 2 nitrogen and oxygen atoms in total. The molecule has 0 aliphatic heterocycles. The van der Waals surface area contributed by atoms with E-state index in [1.54, 1.807) is 12.1 Å². The van der Waals surface area contributed by atoms with Crippen LogP contribution in [0.25, 0.3) is 0 Å². The van der Waals surface area contributed by atoms with E-state index in [9.17, 15) is 9.18 Å². The summed E-state index contributed by atoms with van der Waals surface area (Å²) in [4.78, 5) is 12.3. The number of halogens is 1. The number of rotatable bonds is 5. The number of benzene rings is 2. The highest BCUT2D eigenvalue weighted by atomic mass is 19.1. The fourth-order valence-corrected chi connectivity index (χ4v) is 2.38. The number of carbonyl (C=O) groups is 1. The van der Waals surface area contributed by atoms with E-state index in [0.29, 0.717) is 11.6 Å². The summed E-state index contributed by atoms with van der Waals surface area (Å²) in [6.07, 6.45) is 1.03. The second-order valence-electron chi connectivity index (χ2n) is 6.06. The van der Waals surface area contributed by atoms with Crippen molar-refractivity contribution in [3.63, 3.8) is 0 Å². The van der Waals surface area contributed by atoms with Crippen LogP contribution in [0.1, 0.15) is 37.8 Å². The van der Waals surface area contributed by atoms with Crippen molar-refractivity contribution in [2.45, 2.75) is 33.1 Å². The lowest BCUT2D eigenvalue weighted by atomic mass is 9.96. The lowest BCUT2D eigenvalue weighted by molar-refractivity contribution is -0.117. The number of nitrogens with one attached hydrogen (secondary N) is 1. The van der Waals surface area contributed by atoms with Gasteiger partial charge in [0.1, 0.15) is 5.82 Å². The van der Waals surface area contributed by atoms with Gasteiger partial charge in [0, 0.05) is 5.69 Å². The zero-order valence-electron chi connectivity index (χ0n) is 13.3. The van der Waals surface area contributed by atoms with Gasteiger partial charge < -0.3 is 5.32 Å². The number of hydrogen-bond donors (Lipinski definition) is 1. The fraction of sp³-hybridized carbons (Fsp3) is 0.316. The van der Waals surface area contributed by atoms with Gasteiger partial charge in [-0.2, -0.15) is 0 Å². The van der Waals surface area contributed by atoms with Crippen molar-refractivity contribution in [3.8, 4) is 0 Å². The van der Waals surface area contributed by atoms with Gasteiger partial charge in [0.15, 0.2) is 0 Å². The maximum atomic E-state index is 13.1. The molecule has 0 heterocycles. The molecule has 1 atom stereocenters. The Balaban J connectivity index is 2.03. The van der Waals surface area contributed by atoms with E-state index < -0.39 is 0 Å². The van der Waals surface area contributed by atoms with Crippen LogP contribution in [0.4, 0.5) is 10.1 Å². The van der Waals surface area contributed by atoms with E-state index in [0.717, 1.165) is 12.0 Å². The monoisotopic (exact) mass is 299 g/mol. The van der Waals surface area contributed by atoms with Gasteiger partial charge in [-0.1, -0.05) is 44.2 Å². The molecule has 0 aliphatic rings. The lowest BCUT2D eigenvalue weighted by Crippen LogP contribution is -2.18. The number of hydrogen-bond acceptors (Lipinski definition) is 1. The SMILES string of the molecule is CC(C)Cc1ccc([C@@H](C)C(=O)Nc2cccc(F)c2)cc1. The molecule has 0 radical (unpaired) electrons. The molecule has 2 rings (SSSR count). The molecule has 22 heavy (non-hydrogen) atoms. The highest BCUT2D eigenvalue weighted by Crippen LogP contribution is 2.20. The van der Waals surface area contributed by atoms with Crippen molar-refractivity contribution < 1.29 is 9.18 Å². The first-order valence-electron chi connectivity index (χ1n) is 7.61. The van der Waals surface area contributed by atoms with Crippen molar-refractivity contribution >= 4 is 11.6 Å². The Morgan fingerprint density at radius 2 is 1.77 bits per heavy atom. The first kappa shape index (κ1) is 16.2. The normalized spacial score (nSPS) is 12.2. The molecule has 0 spiro atoms. The van der Waals surface area contributed by atoms with E-state index >= 15 is 0 Å². The highest BCUT2D eigenvalue weighted by molar-refractivity contribution is 5.95. The second-order valence-corrected chi connectivity index (χ2v) is 6.06. The van der Waals surface area contributed by atoms with E-state index in [2.05, 4.69) is 31.3 Å². The molecule has 0 aliphatic carbocycles. The van der Waals surface area contributed by atoms with Crippen molar-refractivity contribution in [1.29, 1.82) is 0 Å². The fourth-order valence-electron chi connectivity index (χ4n) is 2.38. The van der Waals surface area contributed by atoms with Gasteiger partial charge >= 0.3 is 0 Å². The Morgan fingerprint density at radius 1 is 1.09 bits per heavy atom. The van der Waals surface area contributed by atoms with Crippen molar-refractivity contribution in [2.24, 2.45) is 5.92 Å². The third-order valence-electron chi connectivity index (χ3n) is 3.61. The van der Waals surface area contributed by atoms with E-state index in [1.165, 1.54) is 17.7 Å². The molecule has 2 aromatic carbocycles. The third-order valence-corrected chi connectivity index (χ3v) is 3.61. The minimum absolute atomic E-state index is 0.137. The standard InChI is InChI=1S/C19H22FNO/c1-13(2)11-15-7-9-16(10-8-15)14(3)19(22)21-18-6-4-5-17(20)12-18/h4-10,12-14H,11H2,1-3H3,(H,21,22)/t14-/m1/s1. The van der Waals surface area contributed by atoms with Gasteiger partial charge in [-0.25, -0.2) is 4.39 Å². The van der Waals surface area contributed by atoms with Crippen LogP contribution in [0.5, 0.6) is 0 Å². The summed E-state index contributed by atoms with van der Waals surface area (Å²) in [5, 5.41) is 2.75. The first-order chi connectivity index (χ1) is 10.5. The van der Waals surface area contributed by atoms with Crippen LogP contribution in [0.2, 0.25) is 0 Å². The van der Waals surface area contributed by atoms with E-state index in [1.807, 2.05) is 19.1 Å². The average molecular weight is 299 g/mol. The average Bonchev–Trinajstić information content (AvgIpc) is 2.46. The molecule has 0 unspecified atom stereocenters. The molecule has 116 valence electrons. The Bertz CT molecular complexity index is 634. The first-order valence-corrected chi connectivity index (χ1v) is 7.61. The molecule has 0 fully saturated rings. The van der Waals surface area contributed by atoms with Crippen LogP contribution in [0.15, 0.2) is 48.5 Å². The molecule has 3 heteroatoms. The highest BCUT2D eigenvalue weighted by Gasteiger charge is 2.15. The van der Waals surface area contributed by atoms with Gasteiger partial charge in [-0.15, -0.1) is 0 Å². The quantitative estimate of drug-likeness (QED) is 0.847. The number of anilines is 1. The van der Waals surface area contributed by atoms with Crippen LogP contribution < -0.4 is 5.32 Å². The van der Waals surface area contributed by atoms with Crippen molar-refractivity contribution in [1.82, 2.24) is 0 Å². The van der Waals surface area contributed by atoms with E-state index in [4.69, 9.17) is 0 Å². The largest absolute Gasteiger partial charge is 0.325 e. The number of carbonyl (C=O) groups excluding carboxylic acids is 1. The summed E-state index contributed by atoms with van der Waals surface area (Å²) in [7, 11) is 0. The number of amides is 1. The van der Waals surface area contributed by atoms with Crippen LogP contribution in [-0.2, 0) is 11.2 Å². The van der Waals surface area contributed by atoms with Crippen LogP contribution in [0, 0.1) is 11.7 Å². The van der Waals surface area contributed by atoms with E-state index in [-0.39, 0.29) is 17.6 Å². The predicted octanol–water partition coefficient (Wildman–Crippen LogP) is 4.77. The van der Waals surface area contributed by atoms with Crippen molar-refractivity contribution in [2.75, 3.05) is 5.32 Å². The second kappa shape index (κ2) is 7.21. The summed E-state index contributed by atoms with van der Waals surface area (Å²) in [6.45, 7) is 6.22. The molecule has 0 aromatic heterocycles. The minimum atomic E-state index is -0.358. The zero-order valence-corrected chi connectivity index (χ0v) is 13.3. The zero-order chi connectivity index (χ0) is 16.1. The van der Waals surface area contributed by atoms with Gasteiger partial charge in [0.25, 0.3) is 0 Å². The van der Waals surface area contributed by atoms with Gasteiger partial charge in [-0.05, 0) is 48.6 Å². The topological polar surface area (TPSA) is 29.1 Å². The molecule has 0 saturated carbocycles. The Labute approximate surface area is 131 Å². The lowest BCUT2D eigenvalue weighted by Gasteiger charge is -2.14. The summed E-state index contributed by atoms with van der Waals surface area (Å²) in [5.41, 5.74) is 2.71. The molecular formula is C19H22FNO. The molecule has 2 aromatic rings. The Hall–Kier alpha value is -2.16. The van der Waals surface area contributed by atoms with Gasteiger partial charge in [0.2, 0.25) is 5.91 Å². The molecule has 0 bridgehead atoms. The Morgan fingerprint density at radius 3 is 2.36 bits per heavy atom. The maximum Gasteiger partial charge on any atom is 0.231 e. The van der Waals surface area contributed by atoms with Crippen LogP contribution in [0.3, 0.4) is 0 Å². The smallest absolute Gasteiger partial charge is 0.231 e. The maximum absolute atomic E-state index is 13.1. The molecule has 1 N–H and O–H groups in total. The Kier molecular flexibility index (Phi) is 5.31. The molecule has 0 saturated heterocycles. The molecular weight excluding hydrogens is 277 g/mol. The summed E-state index contributed by atoms with van der Waals surface area (Å²) in [6, 6.07) is 14.1. The van der Waals surface area contributed by atoms with Crippen molar-refractivity contribution in [3.05, 3.63) is 65.5 Å². The minimum Gasteiger partial charge on any atom is -0.325 e. The summed E-state index contributed by atoms with van der Waals surface area (Å²) >= 11 is 0. The third kappa shape index (κ3) is 4.42. The van der Waals surface area contributed by atoms with Gasteiger partial charge in [0.05, 0.1) is 5.92 Å². The van der Waals surface area contributed by atoms with Gasteiger partial charge in [-0.3, -0.25) is 4.79 Å². The summed E-state index contributed by atoms with van der Waals surface area (Å²) < 4.78 is 13.1.